The van der Waals surface area contributed by atoms with E-state index in [4.69, 9.17) is 16.7 Å². The Morgan fingerprint density at radius 3 is 2.88 bits per heavy atom. The first kappa shape index (κ1) is 10.6. The Kier molecular flexibility index (Phi) is 2.40. The SMILES string of the molecule is Cn1c(=O)c(C(=O)O)cc2c(Cl)ccnc21. The van der Waals surface area contributed by atoms with E-state index in [9.17, 15) is 9.59 Å². The van der Waals surface area contributed by atoms with Crippen LogP contribution in [0.15, 0.2) is 23.1 Å². The second kappa shape index (κ2) is 3.61. The van der Waals surface area contributed by atoms with Gasteiger partial charge in [-0.15, -0.1) is 0 Å². The van der Waals surface area contributed by atoms with Gasteiger partial charge in [0, 0.05) is 18.6 Å². The highest BCUT2D eigenvalue weighted by Crippen LogP contribution is 2.20. The average molecular weight is 239 g/mol. The highest BCUT2D eigenvalue weighted by Gasteiger charge is 2.14. The minimum absolute atomic E-state index is 0.315. The predicted molar refractivity (Wildman–Crippen MR) is 59.0 cm³/mol. The largest absolute Gasteiger partial charge is 0.477 e. The molecule has 0 saturated heterocycles. The van der Waals surface area contributed by atoms with E-state index < -0.39 is 11.5 Å². The van der Waals surface area contributed by atoms with Gasteiger partial charge in [0.25, 0.3) is 5.56 Å². The van der Waals surface area contributed by atoms with Crippen molar-refractivity contribution in [2.75, 3.05) is 0 Å². The van der Waals surface area contributed by atoms with Crippen LogP contribution in [0.4, 0.5) is 0 Å². The highest BCUT2D eigenvalue weighted by molar-refractivity contribution is 6.35. The molecule has 0 aliphatic carbocycles. The molecule has 0 unspecified atom stereocenters. The molecule has 0 fully saturated rings. The third-order valence-corrected chi connectivity index (χ3v) is 2.62. The van der Waals surface area contributed by atoms with E-state index in [2.05, 4.69) is 4.98 Å². The molecule has 5 nitrogen and oxygen atoms in total. The minimum atomic E-state index is -1.28. The van der Waals surface area contributed by atoms with Crippen molar-refractivity contribution in [2.45, 2.75) is 0 Å². The molecule has 82 valence electrons. The monoisotopic (exact) mass is 238 g/mol. The molecular weight excluding hydrogens is 232 g/mol. The van der Waals surface area contributed by atoms with E-state index in [1.165, 1.54) is 23.9 Å². The number of hydrogen-bond acceptors (Lipinski definition) is 3. The standard InChI is InChI=1S/C10H7ClN2O3/c1-13-8-5(7(11)2-3-12-8)4-6(9(13)14)10(15)16/h2-4H,1H3,(H,15,16). The van der Waals surface area contributed by atoms with Crippen LogP contribution in [-0.2, 0) is 7.05 Å². The quantitative estimate of drug-likeness (QED) is 0.813. The molecule has 0 aliphatic heterocycles. The summed E-state index contributed by atoms with van der Waals surface area (Å²) < 4.78 is 1.17. The van der Waals surface area contributed by atoms with Crippen LogP contribution in [0.1, 0.15) is 10.4 Å². The zero-order chi connectivity index (χ0) is 11.9. The molecule has 2 heterocycles. The Labute approximate surface area is 94.9 Å². The van der Waals surface area contributed by atoms with E-state index in [1.54, 1.807) is 6.07 Å². The molecule has 6 heteroatoms. The van der Waals surface area contributed by atoms with E-state index in [0.29, 0.717) is 16.1 Å². The van der Waals surface area contributed by atoms with Crippen molar-refractivity contribution >= 4 is 28.6 Å². The van der Waals surface area contributed by atoms with Crippen LogP contribution in [0, 0.1) is 0 Å². The lowest BCUT2D eigenvalue weighted by Crippen LogP contribution is -2.24. The Hall–Kier alpha value is -1.88. The van der Waals surface area contributed by atoms with Crippen molar-refractivity contribution in [3.05, 3.63) is 39.3 Å². The number of carbonyl (C=O) groups is 1. The average Bonchev–Trinajstić information content (AvgIpc) is 2.23. The second-order valence-corrected chi connectivity index (χ2v) is 3.66. The van der Waals surface area contributed by atoms with Crippen LogP contribution in [0.25, 0.3) is 11.0 Å². The molecule has 0 aliphatic rings. The molecule has 0 bridgehead atoms. The number of aromatic nitrogens is 2. The predicted octanol–water partition coefficient (Wildman–Crippen LogP) is 1.29. The van der Waals surface area contributed by atoms with E-state index in [1.807, 2.05) is 0 Å². The lowest BCUT2D eigenvalue weighted by atomic mass is 10.2. The van der Waals surface area contributed by atoms with E-state index >= 15 is 0 Å². The fourth-order valence-corrected chi connectivity index (χ4v) is 1.67. The molecule has 0 amide bonds. The Morgan fingerprint density at radius 2 is 2.25 bits per heavy atom. The third-order valence-electron chi connectivity index (χ3n) is 2.29. The third kappa shape index (κ3) is 1.45. The van der Waals surface area contributed by atoms with Crippen LogP contribution in [0.5, 0.6) is 0 Å². The zero-order valence-corrected chi connectivity index (χ0v) is 9.02. The van der Waals surface area contributed by atoms with Crippen molar-refractivity contribution in [3.63, 3.8) is 0 Å². The molecule has 0 atom stereocenters. The summed E-state index contributed by atoms with van der Waals surface area (Å²) in [6.07, 6.45) is 1.46. The van der Waals surface area contributed by atoms with Crippen LogP contribution in [0.3, 0.4) is 0 Å². The maximum absolute atomic E-state index is 11.6. The Balaban J connectivity index is 3.00. The number of aryl methyl sites for hydroxylation is 1. The molecular formula is C10H7ClN2O3. The maximum atomic E-state index is 11.6. The summed E-state index contributed by atoms with van der Waals surface area (Å²) >= 11 is 5.91. The summed E-state index contributed by atoms with van der Waals surface area (Å²) in [7, 11) is 1.46. The number of halogens is 1. The molecule has 0 spiro atoms. The van der Waals surface area contributed by atoms with Crippen molar-refractivity contribution in [1.82, 2.24) is 9.55 Å². The number of carboxylic acid groups (broad SMARTS) is 1. The van der Waals surface area contributed by atoms with E-state index in [0.717, 1.165) is 0 Å². The van der Waals surface area contributed by atoms with Crippen LogP contribution < -0.4 is 5.56 Å². The fraction of sp³-hybridized carbons (Fsp3) is 0.100. The first-order valence-electron chi connectivity index (χ1n) is 4.40. The molecule has 2 aromatic heterocycles. The van der Waals surface area contributed by atoms with Gasteiger partial charge in [0.15, 0.2) is 0 Å². The van der Waals surface area contributed by atoms with Gasteiger partial charge in [0.1, 0.15) is 11.2 Å². The number of carboxylic acids is 1. The number of nitrogens with zero attached hydrogens (tertiary/aromatic N) is 2. The smallest absolute Gasteiger partial charge is 0.341 e. The van der Waals surface area contributed by atoms with Crippen LogP contribution >= 0.6 is 11.6 Å². The minimum Gasteiger partial charge on any atom is -0.477 e. The molecule has 0 aromatic carbocycles. The Bertz CT molecular complexity index is 648. The molecule has 1 N–H and O–H groups in total. The number of pyridine rings is 2. The van der Waals surface area contributed by atoms with Crippen molar-refractivity contribution in [3.8, 4) is 0 Å². The summed E-state index contributed by atoms with van der Waals surface area (Å²) in [5, 5.41) is 9.68. The van der Waals surface area contributed by atoms with Crippen molar-refractivity contribution < 1.29 is 9.90 Å². The van der Waals surface area contributed by atoms with Gasteiger partial charge in [0.2, 0.25) is 0 Å². The Morgan fingerprint density at radius 1 is 1.56 bits per heavy atom. The van der Waals surface area contributed by atoms with E-state index in [-0.39, 0.29) is 5.56 Å². The van der Waals surface area contributed by atoms with Crippen LogP contribution in [0.2, 0.25) is 5.02 Å². The first-order chi connectivity index (χ1) is 7.52. The number of fused-ring (bicyclic) bond motifs is 1. The molecule has 0 radical (unpaired) electrons. The van der Waals surface area contributed by atoms with Gasteiger partial charge in [-0.1, -0.05) is 11.6 Å². The van der Waals surface area contributed by atoms with Crippen molar-refractivity contribution in [2.24, 2.45) is 7.05 Å². The normalized spacial score (nSPS) is 10.6. The summed E-state index contributed by atoms with van der Waals surface area (Å²) in [6, 6.07) is 2.79. The maximum Gasteiger partial charge on any atom is 0.341 e. The van der Waals surface area contributed by atoms with Gasteiger partial charge in [-0.05, 0) is 12.1 Å². The fourth-order valence-electron chi connectivity index (χ4n) is 1.48. The number of rotatable bonds is 1. The summed E-state index contributed by atoms with van der Waals surface area (Å²) in [5.74, 6) is -1.28. The topological polar surface area (TPSA) is 72.2 Å². The van der Waals surface area contributed by atoms with Gasteiger partial charge >= 0.3 is 5.97 Å². The lowest BCUT2D eigenvalue weighted by Gasteiger charge is -2.06. The molecule has 2 rings (SSSR count). The molecule has 2 aromatic rings. The molecule has 0 saturated carbocycles. The zero-order valence-electron chi connectivity index (χ0n) is 8.27. The van der Waals surface area contributed by atoms with Gasteiger partial charge in [-0.2, -0.15) is 0 Å². The highest BCUT2D eigenvalue weighted by atomic mass is 35.5. The second-order valence-electron chi connectivity index (χ2n) is 3.26. The van der Waals surface area contributed by atoms with Gasteiger partial charge in [-0.3, -0.25) is 9.36 Å². The summed E-state index contributed by atoms with van der Waals surface area (Å²) in [4.78, 5) is 26.5. The number of hydrogen-bond donors (Lipinski definition) is 1. The van der Waals surface area contributed by atoms with Crippen molar-refractivity contribution in [1.29, 1.82) is 0 Å². The van der Waals surface area contributed by atoms with Gasteiger partial charge in [0.05, 0.1) is 5.02 Å². The van der Waals surface area contributed by atoms with Crippen LogP contribution in [-0.4, -0.2) is 20.6 Å². The summed E-state index contributed by atoms with van der Waals surface area (Å²) in [5.41, 5.74) is -0.554. The van der Waals surface area contributed by atoms with Gasteiger partial charge in [-0.25, -0.2) is 9.78 Å². The summed E-state index contributed by atoms with van der Waals surface area (Å²) in [6.45, 7) is 0. The molecule has 16 heavy (non-hydrogen) atoms. The number of aromatic carboxylic acids is 1. The lowest BCUT2D eigenvalue weighted by molar-refractivity contribution is 0.0694. The first-order valence-corrected chi connectivity index (χ1v) is 4.77. The van der Waals surface area contributed by atoms with Gasteiger partial charge < -0.3 is 5.11 Å².